The number of thioether (sulfide) groups is 2. The summed E-state index contributed by atoms with van der Waals surface area (Å²) in [5, 5.41) is 4.25. The fourth-order valence-corrected chi connectivity index (χ4v) is 9.10. The molecule has 4 aromatic rings. The van der Waals surface area contributed by atoms with Gasteiger partial charge in [-0.15, -0.1) is 0 Å². The number of carbonyl (C=O) groups excluding carboxylic acids is 4. The summed E-state index contributed by atoms with van der Waals surface area (Å²) in [6, 6.07) is 23.9. The first kappa shape index (κ1) is 42.8. The van der Waals surface area contributed by atoms with Gasteiger partial charge in [0.15, 0.2) is 8.32 Å². The minimum Gasteiger partial charge on any atom is -0.493 e. The van der Waals surface area contributed by atoms with Crippen LogP contribution in [0.3, 0.4) is 0 Å². The number of rotatable bonds is 16. The lowest BCUT2D eigenvalue weighted by Gasteiger charge is -2.14. The van der Waals surface area contributed by atoms with Crippen LogP contribution in [0.1, 0.15) is 28.1 Å². The van der Waals surface area contributed by atoms with E-state index in [9.17, 15) is 28.8 Å². The fourth-order valence-electron chi connectivity index (χ4n) is 5.61. The van der Waals surface area contributed by atoms with E-state index in [0.717, 1.165) is 80.8 Å². The number of hydrogen-bond donors (Lipinski definition) is 4. The van der Waals surface area contributed by atoms with E-state index in [1.54, 1.807) is 6.20 Å². The van der Waals surface area contributed by atoms with Gasteiger partial charge in [0.05, 0.1) is 23.7 Å². The zero-order valence-electron chi connectivity index (χ0n) is 31.9. The van der Waals surface area contributed by atoms with Crippen LogP contribution in [-0.4, -0.2) is 82.2 Å². The molecule has 2 atom stereocenters. The van der Waals surface area contributed by atoms with Gasteiger partial charge in [0.2, 0.25) is 20.1 Å². The van der Waals surface area contributed by atoms with Crippen LogP contribution in [0.25, 0.3) is 0 Å². The molecule has 6 rings (SSSR count). The van der Waals surface area contributed by atoms with E-state index in [1.807, 2.05) is 99.1 Å². The Balaban J connectivity index is 0.000000215. The highest BCUT2D eigenvalue weighted by atomic mass is 32.2. The van der Waals surface area contributed by atoms with Crippen molar-refractivity contribution in [2.75, 3.05) is 13.2 Å². The van der Waals surface area contributed by atoms with Crippen LogP contribution in [-0.2, 0) is 41.7 Å². The monoisotopic (exact) mass is 832 g/mol. The normalized spacial score (nSPS) is 16.9. The molecule has 2 aliphatic rings. The van der Waals surface area contributed by atoms with Gasteiger partial charge >= 0.3 is 0 Å². The number of carbonyl (C=O) groups is 4. The van der Waals surface area contributed by atoms with Crippen molar-refractivity contribution < 1.29 is 38.2 Å². The molecule has 12 nitrogen and oxygen atoms in total. The lowest BCUT2D eigenvalue weighted by molar-refractivity contribution is -0.119. The Morgan fingerprint density at radius 3 is 1.41 bits per heavy atom. The topological polar surface area (TPSA) is 177 Å². The third-order valence-corrected chi connectivity index (χ3v) is 14.1. The standard InChI is InChI=1S/C21H26N2O4SSi.C19H22N2O4SSi/c1-29(2,26)12-10-16-3-6-17(22-14-16)9-11-27-18-7-4-15(5-8-18)13-19-20(24)23-21(25)28-19;1-27(2,24)16-8-5-14(20-12-16)9-10-25-15-6-3-13(4-7-15)11-17-18(22)21-19(23)26-17/h3-8,14,19,26H,9-13H2,1-2H3,(H,23,24,25);3-8,12,17,24H,9-11H2,1-2H3,(H,21,22,23). The molecule has 2 aromatic heterocycles. The summed E-state index contributed by atoms with van der Waals surface area (Å²) in [6.07, 6.45) is 6.92. The highest BCUT2D eigenvalue weighted by molar-refractivity contribution is 8.15. The van der Waals surface area contributed by atoms with E-state index >= 15 is 0 Å². The Hall–Kier alpha value is -4.33. The van der Waals surface area contributed by atoms with Crippen LogP contribution in [0.4, 0.5) is 9.59 Å². The minimum atomic E-state index is -2.31. The van der Waals surface area contributed by atoms with Gasteiger partial charge in [-0.25, -0.2) is 0 Å². The molecule has 0 radical (unpaired) electrons. The molecule has 2 unspecified atom stereocenters. The largest absolute Gasteiger partial charge is 0.493 e. The first-order chi connectivity index (χ1) is 26.6. The molecule has 16 heteroatoms. The number of imide groups is 2. The lowest BCUT2D eigenvalue weighted by Crippen LogP contribution is -2.41. The number of amides is 4. The highest BCUT2D eigenvalue weighted by Gasteiger charge is 2.32. The molecule has 4 N–H and O–H groups in total. The third-order valence-electron chi connectivity index (χ3n) is 8.92. The molecule has 296 valence electrons. The van der Waals surface area contributed by atoms with Crippen LogP contribution in [0.5, 0.6) is 11.5 Å². The smallest absolute Gasteiger partial charge is 0.286 e. The molecule has 56 heavy (non-hydrogen) atoms. The summed E-state index contributed by atoms with van der Waals surface area (Å²) in [5.41, 5.74) is 5.02. The Bertz CT molecular complexity index is 1960. The average Bonchev–Trinajstić information content (AvgIpc) is 3.65. The molecule has 2 aromatic carbocycles. The number of aryl methyl sites for hydroxylation is 1. The molecule has 0 aliphatic carbocycles. The van der Waals surface area contributed by atoms with Crippen molar-refractivity contribution in [1.82, 2.24) is 20.6 Å². The summed E-state index contributed by atoms with van der Waals surface area (Å²) >= 11 is 2.08. The predicted molar refractivity (Wildman–Crippen MR) is 225 cm³/mol. The van der Waals surface area contributed by atoms with E-state index in [4.69, 9.17) is 9.47 Å². The van der Waals surface area contributed by atoms with Crippen LogP contribution in [0.15, 0.2) is 85.2 Å². The summed E-state index contributed by atoms with van der Waals surface area (Å²) in [4.78, 5) is 74.6. The van der Waals surface area contributed by atoms with Crippen molar-refractivity contribution in [1.29, 1.82) is 0 Å². The number of hydrogen-bond acceptors (Lipinski definition) is 12. The van der Waals surface area contributed by atoms with Crippen LogP contribution in [0.2, 0.25) is 32.2 Å². The van der Waals surface area contributed by atoms with Gasteiger partial charge in [0.25, 0.3) is 10.5 Å². The average molecular weight is 833 g/mol. The van der Waals surface area contributed by atoms with Crippen LogP contribution in [0, 0.1) is 0 Å². The number of ether oxygens (including phenoxy) is 2. The van der Waals surface area contributed by atoms with Crippen molar-refractivity contribution in [2.45, 2.75) is 74.8 Å². The second-order valence-electron chi connectivity index (χ2n) is 14.7. The van der Waals surface area contributed by atoms with Gasteiger partial charge in [-0.1, -0.05) is 59.9 Å². The molecular weight excluding hydrogens is 785 g/mol. The van der Waals surface area contributed by atoms with Crippen molar-refractivity contribution in [3.8, 4) is 11.5 Å². The molecule has 2 aliphatic heterocycles. The third kappa shape index (κ3) is 14.0. The lowest BCUT2D eigenvalue weighted by atomic mass is 10.1. The number of aromatic nitrogens is 2. The first-order valence-corrected chi connectivity index (χ1v) is 26.3. The van der Waals surface area contributed by atoms with E-state index in [-0.39, 0.29) is 32.8 Å². The SMILES string of the molecule is C[Si](C)(O)CCc1ccc(CCOc2ccc(CC3SC(=O)NC3=O)cc2)nc1.C[Si](C)(O)c1ccc(CCOc2ccc(CC3SC(=O)NC3=O)cc2)nc1. The van der Waals surface area contributed by atoms with Gasteiger partial charge in [0.1, 0.15) is 11.5 Å². The molecule has 2 fully saturated rings. The summed E-state index contributed by atoms with van der Waals surface area (Å²) in [5.74, 6) is 1.07. The van der Waals surface area contributed by atoms with E-state index in [2.05, 4.69) is 26.7 Å². The van der Waals surface area contributed by atoms with Gasteiger partial charge < -0.3 is 19.1 Å². The maximum atomic E-state index is 11.6. The van der Waals surface area contributed by atoms with Crippen molar-refractivity contribution >= 4 is 67.6 Å². The van der Waals surface area contributed by atoms with E-state index in [1.165, 1.54) is 0 Å². The summed E-state index contributed by atoms with van der Waals surface area (Å²) in [7, 11) is -4.32. The Morgan fingerprint density at radius 1 is 0.607 bits per heavy atom. The summed E-state index contributed by atoms with van der Waals surface area (Å²) in [6.45, 7) is 8.66. The van der Waals surface area contributed by atoms with Crippen molar-refractivity contribution in [3.05, 3.63) is 113 Å². The van der Waals surface area contributed by atoms with Gasteiger partial charge in [-0.05, 0) is 110 Å². The highest BCUT2D eigenvalue weighted by Crippen LogP contribution is 2.25. The molecule has 2 saturated heterocycles. The molecule has 0 spiro atoms. The minimum absolute atomic E-state index is 0.221. The van der Waals surface area contributed by atoms with Gasteiger partial charge in [-0.2, -0.15) is 0 Å². The molecule has 4 heterocycles. The van der Waals surface area contributed by atoms with Gasteiger partial charge in [-0.3, -0.25) is 39.8 Å². The first-order valence-electron chi connectivity index (χ1n) is 18.4. The molecule has 4 amide bonds. The molecule has 0 bridgehead atoms. The Labute approximate surface area is 337 Å². The zero-order valence-corrected chi connectivity index (χ0v) is 35.6. The quantitative estimate of drug-likeness (QED) is 0.107. The summed E-state index contributed by atoms with van der Waals surface area (Å²) < 4.78 is 11.5. The molecule has 0 saturated carbocycles. The van der Waals surface area contributed by atoms with E-state index < -0.39 is 16.6 Å². The number of benzene rings is 2. The maximum Gasteiger partial charge on any atom is 0.286 e. The number of nitrogens with zero attached hydrogens (tertiary/aromatic N) is 2. The predicted octanol–water partition coefficient (Wildman–Crippen LogP) is 5.34. The van der Waals surface area contributed by atoms with Gasteiger partial charge in [0, 0.05) is 36.6 Å². The number of pyridine rings is 2. The van der Waals surface area contributed by atoms with Crippen molar-refractivity contribution in [2.24, 2.45) is 0 Å². The molecular formula is C40H48N4O8S2Si2. The Morgan fingerprint density at radius 2 is 1.05 bits per heavy atom. The second kappa shape index (κ2) is 19.7. The van der Waals surface area contributed by atoms with Crippen LogP contribution >= 0.6 is 23.5 Å². The fraction of sp³-hybridized carbons (Fsp3) is 0.350. The second-order valence-corrected chi connectivity index (χ2v) is 24.9. The van der Waals surface area contributed by atoms with E-state index in [0.29, 0.717) is 38.9 Å². The maximum absolute atomic E-state index is 11.6. The number of nitrogens with one attached hydrogen (secondary N) is 2. The Kier molecular flexibility index (Phi) is 15.1. The van der Waals surface area contributed by atoms with Crippen LogP contribution < -0.4 is 25.3 Å². The van der Waals surface area contributed by atoms with Crippen molar-refractivity contribution in [3.63, 3.8) is 0 Å². The zero-order chi connectivity index (χ0) is 40.3.